The van der Waals surface area contributed by atoms with Crippen LogP contribution < -0.4 is 24.8 Å². The largest absolute Gasteiger partial charge is 0.497 e. The van der Waals surface area contributed by atoms with Gasteiger partial charge in [0.05, 0.1) is 33.4 Å². The monoisotopic (exact) mass is 384 g/mol. The molecule has 0 unspecified atom stereocenters. The zero-order chi connectivity index (χ0) is 19.9. The molecule has 1 aromatic heterocycles. The third-order valence-electron chi connectivity index (χ3n) is 3.85. The Morgan fingerprint density at radius 1 is 0.964 bits per heavy atom. The number of hydrogen-bond acceptors (Lipinski definition) is 7. The molecule has 2 N–H and O–H groups in total. The second-order valence-electron chi connectivity index (χ2n) is 5.65. The van der Waals surface area contributed by atoms with Crippen molar-refractivity contribution in [1.29, 1.82) is 0 Å². The van der Waals surface area contributed by atoms with Crippen LogP contribution in [0.3, 0.4) is 0 Å². The average Bonchev–Trinajstić information content (AvgIpc) is 3.14. The van der Waals surface area contributed by atoms with Crippen LogP contribution in [0.5, 0.6) is 17.2 Å². The Kier molecular flexibility index (Phi) is 5.95. The van der Waals surface area contributed by atoms with E-state index < -0.39 is 6.03 Å². The van der Waals surface area contributed by atoms with Gasteiger partial charge in [-0.2, -0.15) is 0 Å². The lowest BCUT2D eigenvalue weighted by atomic mass is 10.1. The summed E-state index contributed by atoms with van der Waals surface area (Å²) in [5, 5.41) is 12.9. The third-order valence-corrected chi connectivity index (χ3v) is 3.85. The lowest BCUT2D eigenvalue weighted by Crippen LogP contribution is -2.20. The molecule has 3 rings (SSSR count). The van der Waals surface area contributed by atoms with Gasteiger partial charge in [0.1, 0.15) is 5.75 Å². The maximum Gasteiger partial charge on any atom is 0.327 e. The molecular formula is C19H20N4O5. The average molecular weight is 384 g/mol. The van der Waals surface area contributed by atoms with Crippen LogP contribution >= 0.6 is 0 Å². The molecule has 9 heteroatoms. The van der Waals surface area contributed by atoms with Crippen LogP contribution in [-0.2, 0) is 6.42 Å². The van der Waals surface area contributed by atoms with Gasteiger partial charge in [-0.05, 0) is 29.8 Å². The summed E-state index contributed by atoms with van der Waals surface area (Å²) in [5.41, 5.74) is 1.42. The summed E-state index contributed by atoms with van der Waals surface area (Å²) < 4.78 is 21.1. The van der Waals surface area contributed by atoms with Crippen molar-refractivity contribution in [1.82, 2.24) is 10.2 Å². The maximum absolute atomic E-state index is 12.2. The van der Waals surface area contributed by atoms with Gasteiger partial charge in [-0.3, -0.25) is 5.32 Å². The predicted molar refractivity (Wildman–Crippen MR) is 102 cm³/mol. The second-order valence-corrected chi connectivity index (χ2v) is 5.65. The maximum atomic E-state index is 12.2. The van der Waals surface area contributed by atoms with Crippen LogP contribution in [0.1, 0.15) is 11.5 Å². The van der Waals surface area contributed by atoms with Crippen molar-refractivity contribution in [2.75, 3.05) is 32.0 Å². The summed E-state index contributed by atoms with van der Waals surface area (Å²) in [6.45, 7) is 0. The number of aromatic nitrogens is 2. The molecule has 3 aromatic rings. The molecule has 0 aliphatic carbocycles. The number of hydrogen-bond donors (Lipinski definition) is 2. The first-order valence-electron chi connectivity index (χ1n) is 8.37. The van der Waals surface area contributed by atoms with Crippen LogP contribution in [0.4, 0.5) is 16.5 Å². The van der Waals surface area contributed by atoms with E-state index in [1.165, 1.54) is 14.2 Å². The van der Waals surface area contributed by atoms with Gasteiger partial charge in [0.15, 0.2) is 11.5 Å². The van der Waals surface area contributed by atoms with Crippen molar-refractivity contribution in [3.63, 3.8) is 0 Å². The van der Waals surface area contributed by atoms with Crippen molar-refractivity contribution < 1.29 is 23.4 Å². The molecule has 146 valence electrons. The fourth-order valence-corrected chi connectivity index (χ4v) is 2.53. The zero-order valence-corrected chi connectivity index (χ0v) is 15.7. The van der Waals surface area contributed by atoms with Gasteiger partial charge in [0, 0.05) is 0 Å². The minimum absolute atomic E-state index is 0.0112. The molecule has 0 aliphatic heterocycles. The third kappa shape index (κ3) is 4.50. The quantitative estimate of drug-likeness (QED) is 0.643. The van der Waals surface area contributed by atoms with Crippen LogP contribution in [0, 0.1) is 0 Å². The van der Waals surface area contributed by atoms with Gasteiger partial charge in [-0.25, -0.2) is 4.79 Å². The first-order chi connectivity index (χ1) is 13.6. The Balaban J connectivity index is 1.62. The molecule has 9 nitrogen and oxygen atoms in total. The minimum atomic E-state index is -0.550. The number of methoxy groups -OCH3 is 3. The topological polar surface area (TPSA) is 108 Å². The summed E-state index contributed by atoms with van der Waals surface area (Å²) in [5.74, 6) is 2.05. The van der Waals surface area contributed by atoms with E-state index in [1.807, 2.05) is 24.3 Å². The Hall–Kier alpha value is -3.75. The van der Waals surface area contributed by atoms with Gasteiger partial charge < -0.3 is 23.9 Å². The molecule has 0 bridgehead atoms. The number of anilines is 2. The number of amides is 2. The molecule has 0 atom stereocenters. The highest BCUT2D eigenvalue weighted by Crippen LogP contribution is 2.34. The molecule has 0 radical (unpaired) electrons. The molecule has 0 fully saturated rings. The number of para-hydroxylation sites is 1. The van der Waals surface area contributed by atoms with Crippen LogP contribution in [0.25, 0.3) is 0 Å². The number of benzene rings is 2. The lowest BCUT2D eigenvalue weighted by molar-refractivity contribution is 0.261. The summed E-state index contributed by atoms with van der Waals surface area (Å²) in [7, 11) is 4.62. The van der Waals surface area contributed by atoms with Crippen LogP contribution in [0.2, 0.25) is 0 Å². The first-order valence-corrected chi connectivity index (χ1v) is 8.37. The van der Waals surface area contributed by atoms with Crippen molar-refractivity contribution in [2.24, 2.45) is 0 Å². The smallest absolute Gasteiger partial charge is 0.327 e. The van der Waals surface area contributed by atoms with Crippen LogP contribution in [0.15, 0.2) is 46.9 Å². The van der Waals surface area contributed by atoms with E-state index in [0.29, 0.717) is 29.5 Å². The van der Waals surface area contributed by atoms with Gasteiger partial charge in [-0.1, -0.05) is 23.3 Å². The Morgan fingerprint density at radius 2 is 1.75 bits per heavy atom. The van der Waals surface area contributed by atoms with Gasteiger partial charge in [0.2, 0.25) is 5.89 Å². The van der Waals surface area contributed by atoms with Gasteiger partial charge >= 0.3 is 12.0 Å². The predicted octanol–water partition coefficient (Wildman–Crippen LogP) is 3.33. The van der Waals surface area contributed by atoms with E-state index in [2.05, 4.69) is 20.8 Å². The molecule has 0 saturated heterocycles. The summed E-state index contributed by atoms with van der Waals surface area (Å²) in [6, 6.07) is 12.1. The number of carbonyl (C=O) groups is 1. The SMILES string of the molecule is COc1ccc(Cc2nnc(NC(=O)Nc3cccc(OC)c3OC)o2)cc1. The van der Waals surface area contributed by atoms with Gasteiger partial charge in [-0.15, -0.1) is 5.10 Å². The molecule has 28 heavy (non-hydrogen) atoms. The highest BCUT2D eigenvalue weighted by molar-refractivity contribution is 5.99. The summed E-state index contributed by atoms with van der Waals surface area (Å²) >= 11 is 0. The van der Waals surface area contributed by atoms with E-state index in [-0.39, 0.29) is 6.01 Å². The number of rotatable bonds is 7. The minimum Gasteiger partial charge on any atom is -0.497 e. The van der Waals surface area contributed by atoms with E-state index in [9.17, 15) is 4.79 Å². The fraction of sp³-hybridized carbons (Fsp3) is 0.211. The number of nitrogens with one attached hydrogen (secondary N) is 2. The standard InChI is InChI=1S/C19H20N4O5/c1-25-13-9-7-12(8-10-13)11-16-22-23-19(28-16)21-18(24)20-14-5-4-6-15(26-2)17(14)27-3/h4-10H,11H2,1-3H3,(H2,20,21,23,24). The first kappa shape index (κ1) is 19.0. The van der Waals surface area contributed by atoms with Crippen molar-refractivity contribution >= 4 is 17.7 Å². The normalized spacial score (nSPS) is 10.2. The number of nitrogens with zero attached hydrogens (tertiary/aromatic N) is 2. The molecular weight excluding hydrogens is 364 g/mol. The van der Waals surface area contributed by atoms with Crippen molar-refractivity contribution in [3.05, 3.63) is 53.9 Å². The van der Waals surface area contributed by atoms with Crippen molar-refractivity contribution in [2.45, 2.75) is 6.42 Å². The molecule has 0 spiro atoms. The van der Waals surface area contributed by atoms with E-state index in [1.54, 1.807) is 25.3 Å². The zero-order valence-electron chi connectivity index (χ0n) is 15.7. The number of ether oxygens (including phenoxy) is 3. The van der Waals surface area contributed by atoms with E-state index >= 15 is 0 Å². The van der Waals surface area contributed by atoms with E-state index in [4.69, 9.17) is 18.6 Å². The Labute approximate surface area is 161 Å². The highest BCUT2D eigenvalue weighted by Gasteiger charge is 2.14. The Bertz CT molecular complexity index is 940. The van der Waals surface area contributed by atoms with Gasteiger partial charge in [0.25, 0.3) is 0 Å². The summed E-state index contributed by atoms with van der Waals surface area (Å²) in [6.07, 6.45) is 0.435. The number of carbonyl (C=O) groups excluding carboxylic acids is 1. The molecule has 0 aliphatic rings. The number of urea groups is 1. The molecule has 2 amide bonds. The fourth-order valence-electron chi connectivity index (χ4n) is 2.53. The van der Waals surface area contributed by atoms with Crippen molar-refractivity contribution in [3.8, 4) is 17.2 Å². The molecule has 1 heterocycles. The highest BCUT2D eigenvalue weighted by atomic mass is 16.5. The summed E-state index contributed by atoms with van der Waals surface area (Å²) in [4.78, 5) is 12.2. The molecule has 2 aromatic carbocycles. The van der Waals surface area contributed by atoms with E-state index in [0.717, 1.165) is 11.3 Å². The molecule has 0 saturated carbocycles. The van der Waals surface area contributed by atoms with Crippen LogP contribution in [-0.4, -0.2) is 37.6 Å². The second kappa shape index (κ2) is 8.76. The Morgan fingerprint density at radius 3 is 2.43 bits per heavy atom. The lowest BCUT2D eigenvalue weighted by Gasteiger charge is -2.12.